The van der Waals surface area contributed by atoms with Gasteiger partial charge in [-0.25, -0.2) is 0 Å². The van der Waals surface area contributed by atoms with Gasteiger partial charge in [0.05, 0.1) is 28.6 Å². The van der Waals surface area contributed by atoms with Gasteiger partial charge < -0.3 is 20.7 Å². The molecule has 1 amide bonds. The van der Waals surface area contributed by atoms with Gasteiger partial charge in [0.15, 0.2) is 0 Å². The van der Waals surface area contributed by atoms with Crippen molar-refractivity contribution in [3.8, 4) is 0 Å². The molecule has 2 aromatic rings. The van der Waals surface area contributed by atoms with Gasteiger partial charge >= 0.3 is 0 Å². The van der Waals surface area contributed by atoms with E-state index >= 15 is 0 Å². The van der Waals surface area contributed by atoms with E-state index < -0.39 is 0 Å². The first-order valence-corrected chi connectivity index (χ1v) is 7.92. The molecule has 0 aliphatic carbocycles. The van der Waals surface area contributed by atoms with Crippen molar-refractivity contribution in [3.63, 3.8) is 0 Å². The maximum Gasteiger partial charge on any atom is 0.224 e. The number of H-pyrrole nitrogens is 1. The third-order valence-corrected chi connectivity index (χ3v) is 4.63. The Bertz CT molecular complexity index is 742. The zero-order chi connectivity index (χ0) is 15.9. The minimum absolute atomic E-state index is 0.00583. The van der Waals surface area contributed by atoms with Crippen molar-refractivity contribution in [2.24, 2.45) is 0 Å². The van der Waals surface area contributed by atoms with Gasteiger partial charge in [0.1, 0.15) is 0 Å². The number of amides is 1. The van der Waals surface area contributed by atoms with Crippen molar-refractivity contribution in [2.45, 2.75) is 25.8 Å². The average Bonchev–Trinajstić information content (AvgIpc) is 2.72. The lowest BCUT2D eigenvalue weighted by atomic mass is 10.0. The van der Waals surface area contributed by atoms with Crippen LogP contribution >= 0.6 is 23.2 Å². The quantitative estimate of drug-likeness (QED) is 0.692. The molecule has 0 spiro atoms. The molecule has 118 valence electrons. The largest absolute Gasteiger partial charge is 0.395 e. The zero-order valence-corrected chi connectivity index (χ0v) is 13.6. The van der Waals surface area contributed by atoms with Gasteiger partial charge in [-0.05, 0) is 18.6 Å². The Hall–Kier alpha value is -1.43. The fourth-order valence-electron chi connectivity index (χ4n) is 2.98. The molecule has 7 heteroatoms. The van der Waals surface area contributed by atoms with E-state index in [4.69, 9.17) is 28.3 Å². The highest BCUT2D eigenvalue weighted by Crippen LogP contribution is 2.40. The third kappa shape index (κ3) is 2.64. The SMILES string of the molecule is CC1Cc2[nH]c3c(Cl)c(Cl)cc(NCCO)c3c2CC(=O)N1. The van der Waals surface area contributed by atoms with Crippen LogP contribution < -0.4 is 10.6 Å². The van der Waals surface area contributed by atoms with Crippen molar-refractivity contribution >= 4 is 45.7 Å². The molecule has 0 bridgehead atoms. The molecule has 0 saturated heterocycles. The number of carbonyl (C=O) groups is 1. The van der Waals surface area contributed by atoms with E-state index in [1.165, 1.54) is 0 Å². The first-order valence-electron chi connectivity index (χ1n) is 7.16. The fraction of sp³-hybridized carbons (Fsp3) is 0.400. The van der Waals surface area contributed by atoms with E-state index in [1.54, 1.807) is 6.07 Å². The number of halogens is 2. The number of aromatic nitrogens is 1. The molecule has 1 aromatic heterocycles. The molecule has 1 aliphatic heterocycles. The highest BCUT2D eigenvalue weighted by atomic mass is 35.5. The molecular weight excluding hydrogens is 325 g/mol. The lowest BCUT2D eigenvalue weighted by Crippen LogP contribution is -2.32. The standard InChI is InChI=1S/C15H17Cl2N3O2/c1-7-4-10-8(5-12(22)19-7)13-11(18-2-3-21)6-9(16)14(17)15(13)20-10/h6-7,18,20-21H,2-5H2,1H3,(H,19,22). The minimum atomic E-state index is -0.00803. The highest BCUT2D eigenvalue weighted by molar-refractivity contribution is 6.45. The molecule has 22 heavy (non-hydrogen) atoms. The van der Waals surface area contributed by atoms with Crippen LogP contribution in [0.4, 0.5) is 5.69 Å². The Kier molecular flexibility index (Phi) is 4.21. The molecule has 0 radical (unpaired) electrons. The van der Waals surface area contributed by atoms with Crippen LogP contribution in [0.5, 0.6) is 0 Å². The van der Waals surface area contributed by atoms with E-state index in [1.807, 2.05) is 6.92 Å². The van der Waals surface area contributed by atoms with Crippen LogP contribution in [0.15, 0.2) is 6.07 Å². The average molecular weight is 342 g/mol. The summed E-state index contributed by atoms with van der Waals surface area (Å²) in [5.74, 6) is -0.00803. The third-order valence-electron chi connectivity index (χ3n) is 3.84. The molecule has 1 atom stereocenters. The minimum Gasteiger partial charge on any atom is -0.395 e. The first-order chi connectivity index (χ1) is 10.5. The van der Waals surface area contributed by atoms with Gasteiger partial charge in [-0.1, -0.05) is 23.2 Å². The predicted molar refractivity (Wildman–Crippen MR) is 88.9 cm³/mol. The maximum atomic E-state index is 12.0. The lowest BCUT2D eigenvalue weighted by molar-refractivity contribution is -0.120. The van der Waals surface area contributed by atoms with Crippen LogP contribution in [0.3, 0.4) is 0 Å². The molecule has 4 N–H and O–H groups in total. The molecule has 5 nitrogen and oxygen atoms in total. The van der Waals surface area contributed by atoms with Gasteiger partial charge in [0.2, 0.25) is 5.91 Å². The van der Waals surface area contributed by atoms with Crippen LogP contribution in [0, 0.1) is 0 Å². The molecule has 3 rings (SSSR count). The predicted octanol–water partition coefficient (Wildman–Crippen LogP) is 2.48. The number of hydrogen-bond donors (Lipinski definition) is 4. The van der Waals surface area contributed by atoms with E-state index in [0.29, 0.717) is 29.4 Å². The number of aromatic amines is 1. The van der Waals surface area contributed by atoms with E-state index in [2.05, 4.69) is 15.6 Å². The van der Waals surface area contributed by atoms with Gasteiger partial charge in [-0.15, -0.1) is 0 Å². The van der Waals surface area contributed by atoms with Crippen LogP contribution in [0.2, 0.25) is 10.0 Å². The number of nitrogens with one attached hydrogen (secondary N) is 3. The summed E-state index contributed by atoms with van der Waals surface area (Å²) in [5, 5.41) is 16.9. The number of carbonyl (C=O) groups excluding carboxylic acids is 1. The van der Waals surface area contributed by atoms with Crippen molar-refractivity contribution < 1.29 is 9.90 Å². The van der Waals surface area contributed by atoms with Crippen molar-refractivity contribution in [1.29, 1.82) is 0 Å². The number of benzene rings is 1. The first kappa shape index (κ1) is 15.5. The molecular formula is C15H17Cl2N3O2. The number of anilines is 1. The monoisotopic (exact) mass is 341 g/mol. The number of hydrogen-bond acceptors (Lipinski definition) is 3. The smallest absolute Gasteiger partial charge is 0.224 e. The maximum absolute atomic E-state index is 12.0. The van der Waals surface area contributed by atoms with Crippen molar-refractivity contribution in [1.82, 2.24) is 10.3 Å². The molecule has 1 unspecified atom stereocenters. The summed E-state index contributed by atoms with van der Waals surface area (Å²) >= 11 is 12.5. The zero-order valence-electron chi connectivity index (χ0n) is 12.1. The summed E-state index contributed by atoms with van der Waals surface area (Å²) in [7, 11) is 0. The van der Waals surface area contributed by atoms with Crippen LogP contribution in [0.1, 0.15) is 18.2 Å². The van der Waals surface area contributed by atoms with E-state index in [0.717, 1.165) is 27.8 Å². The Morgan fingerprint density at radius 1 is 1.45 bits per heavy atom. The number of aliphatic hydroxyl groups excluding tert-OH is 1. The Morgan fingerprint density at radius 3 is 2.95 bits per heavy atom. The second-order valence-corrected chi connectivity index (χ2v) is 6.34. The number of aliphatic hydroxyl groups is 1. The molecule has 1 aliphatic rings. The molecule has 2 heterocycles. The molecule has 0 fully saturated rings. The highest BCUT2D eigenvalue weighted by Gasteiger charge is 2.25. The number of rotatable bonds is 3. The summed E-state index contributed by atoms with van der Waals surface area (Å²) in [6.07, 6.45) is 1.01. The summed E-state index contributed by atoms with van der Waals surface area (Å²) in [6, 6.07) is 1.80. The van der Waals surface area contributed by atoms with Crippen molar-refractivity contribution in [3.05, 3.63) is 27.4 Å². The summed E-state index contributed by atoms with van der Waals surface area (Å²) in [4.78, 5) is 15.4. The van der Waals surface area contributed by atoms with Gasteiger partial charge in [-0.3, -0.25) is 4.79 Å². The Balaban J connectivity index is 2.23. The van der Waals surface area contributed by atoms with Crippen molar-refractivity contribution in [2.75, 3.05) is 18.5 Å². The van der Waals surface area contributed by atoms with E-state index in [9.17, 15) is 4.79 Å². The van der Waals surface area contributed by atoms with Gasteiger partial charge in [0.25, 0.3) is 0 Å². The second kappa shape index (κ2) is 5.99. The van der Waals surface area contributed by atoms with Gasteiger partial charge in [-0.2, -0.15) is 0 Å². The lowest BCUT2D eigenvalue weighted by Gasteiger charge is -2.11. The summed E-state index contributed by atoms with van der Waals surface area (Å²) in [5.41, 5.74) is 3.45. The fourth-order valence-corrected chi connectivity index (χ4v) is 3.38. The van der Waals surface area contributed by atoms with Gasteiger partial charge in [0, 0.05) is 35.8 Å². The van der Waals surface area contributed by atoms with Crippen LogP contribution in [-0.4, -0.2) is 35.2 Å². The second-order valence-electron chi connectivity index (χ2n) is 5.55. The van der Waals surface area contributed by atoms with Crippen LogP contribution in [0.25, 0.3) is 10.9 Å². The normalized spacial score (nSPS) is 18.0. The van der Waals surface area contributed by atoms with E-state index in [-0.39, 0.29) is 18.6 Å². The topological polar surface area (TPSA) is 77.2 Å². The van der Waals surface area contributed by atoms with Crippen LogP contribution in [-0.2, 0) is 17.6 Å². The Labute approximate surface area is 138 Å². The Morgan fingerprint density at radius 2 is 2.23 bits per heavy atom. The molecule has 1 aromatic carbocycles. The number of fused-ring (bicyclic) bond motifs is 3. The summed E-state index contributed by atoms with van der Waals surface area (Å²) < 4.78 is 0. The molecule has 0 saturated carbocycles. The summed E-state index contributed by atoms with van der Waals surface area (Å²) in [6.45, 7) is 2.37.